The van der Waals surface area contributed by atoms with Crippen LogP contribution in [0.4, 0.5) is 0 Å². The van der Waals surface area contributed by atoms with Gasteiger partial charge in [-0.3, -0.25) is 9.59 Å². The summed E-state index contributed by atoms with van der Waals surface area (Å²) in [6.45, 7) is 0. The number of aldehydes is 2. The molecule has 0 radical (unpaired) electrons. The number of thiophene rings is 2. The van der Waals surface area contributed by atoms with Crippen molar-refractivity contribution >= 4 is 70.6 Å². The zero-order valence-electron chi connectivity index (χ0n) is 18.4. The summed E-state index contributed by atoms with van der Waals surface area (Å²) >= 11 is 14.7. The molecule has 0 aliphatic carbocycles. The van der Waals surface area contributed by atoms with E-state index in [-0.39, 0.29) is 27.8 Å². The number of halogens is 2. The molecule has 2 aromatic carbocycles. The SMILES string of the molecule is O=Cc1cscc1/C=C\c1ccc(Cl)cc1.O=Cc1cscc1CCc1ccc(Cl)cc1.[CH3-].[Pd]. The number of benzene rings is 2. The van der Waals surface area contributed by atoms with Gasteiger partial charge in [-0.25, -0.2) is 0 Å². The standard InChI is InChI=1S/C13H11ClOS.C13H9ClOS.CH3.Pd/c2*14-13-5-2-10(3-6-13)1-4-11-8-16-9-12(11)7-15;;/h2-3,5-9H,1,4H2;1-9H;1H3;/q;;-1;/b;4-1-;;. The van der Waals surface area contributed by atoms with Gasteiger partial charge in [0.1, 0.15) is 0 Å². The second-order valence-corrected chi connectivity index (χ2v) is 9.24. The normalized spacial score (nSPS) is 9.94. The molecule has 0 spiro atoms. The summed E-state index contributed by atoms with van der Waals surface area (Å²) in [4.78, 5) is 21.4. The van der Waals surface area contributed by atoms with E-state index < -0.39 is 0 Å². The fourth-order valence-corrected chi connectivity index (χ4v) is 4.74. The molecule has 34 heavy (non-hydrogen) atoms. The maximum Gasteiger partial charge on any atom is 0.151 e. The summed E-state index contributed by atoms with van der Waals surface area (Å²) in [6, 6.07) is 15.4. The van der Waals surface area contributed by atoms with Crippen molar-refractivity contribution in [1.82, 2.24) is 0 Å². The van der Waals surface area contributed by atoms with Crippen LogP contribution < -0.4 is 0 Å². The molecule has 7 heteroatoms. The maximum atomic E-state index is 10.7. The monoisotopic (exact) mass is 619 g/mol. The molecule has 4 aromatic rings. The quantitative estimate of drug-likeness (QED) is 0.118. The first-order valence-corrected chi connectivity index (χ1v) is 12.4. The Balaban J connectivity index is 0.000000321. The number of carbonyl (C=O) groups is 2. The van der Waals surface area contributed by atoms with Crippen LogP contribution in [0, 0.1) is 7.43 Å². The summed E-state index contributed by atoms with van der Waals surface area (Å²) in [7, 11) is 0. The Morgan fingerprint density at radius 2 is 1.18 bits per heavy atom. The van der Waals surface area contributed by atoms with Gasteiger partial charge in [0.15, 0.2) is 12.6 Å². The number of aryl methyl sites for hydroxylation is 2. The van der Waals surface area contributed by atoms with E-state index in [1.54, 1.807) is 11.3 Å². The average molecular weight is 621 g/mol. The zero-order valence-corrected chi connectivity index (χ0v) is 23.1. The zero-order chi connectivity index (χ0) is 22.8. The van der Waals surface area contributed by atoms with Crippen LogP contribution in [0.15, 0.2) is 70.1 Å². The molecular weight excluding hydrogens is 598 g/mol. The van der Waals surface area contributed by atoms with Gasteiger partial charge in [-0.1, -0.05) is 59.6 Å². The van der Waals surface area contributed by atoms with Crippen LogP contribution in [0.2, 0.25) is 10.0 Å². The van der Waals surface area contributed by atoms with E-state index in [1.165, 1.54) is 16.9 Å². The molecule has 0 amide bonds. The van der Waals surface area contributed by atoms with E-state index in [9.17, 15) is 9.59 Å². The van der Waals surface area contributed by atoms with Crippen LogP contribution >= 0.6 is 45.9 Å². The van der Waals surface area contributed by atoms with Crippen molar-refractivity contribution in [1.29, 1.82) is 0 Å². The third kappa shape index (κ3) is 9.43. The third-order valence-electron chi connectivity index (χ3n) is 4.68. The minimum absolute atomic E-state index is 0. The number of hydrogen-bond acceptors (Lipinski definition) is 4. The second kappa shape index (κ2) is 15.9. The summed E-state index contributed by atoms with van der Waals surface area (Å²) in [5.41, 5.74) is 5.94. The van der Waals surface area contributed by atoms with Crippen molar-refractivity contribution in [2.45, 2.75) is 12.8 Å². The minimum Gasteiger partial charge on any atom is -0.358 e. The summed E-state index contributed by atoms with van der Waals surface area (Å²) in [6.07, 6.45) is 7.54. The van der Waals surface area contributed by atoms with Crippen molar-refractivity contribution in [3.05, 3.63) is 121 Å². The Bertz CT molecular complexity index is 1180. The molecule has 180 valence electrons. The van der Waals surface area contributed by atoms with Gasteiger partial charge in [-0.2, -0.15) is 22.7 Å². The predicted octanol–water partition coefficient (Wildman–Crippen LogP) is 8.83. The molecule has 0 saturated carbocycles. The summed E-state index contributed by atoms with van der Waals surface area (Å²) in [5, 5.41) is 9.21. The Morgan fingerprint density at radius 1 is 0.647 bits per heavy atom. The van der Waals surface area contributed by atoms with E-state index in [1.807, 2.05) is 82.2 Å². The first-order chi connectivity index (χ1) is 15.6. The van der Waals surface area contributed by atoms with Crippen LogP contribution in [-0.4, -0.2) is 12.6 Å². The van der Waals surface area contributed by atoms with Gasteiger partial charge in [0, 0.05) is 52.4 Å². The largest absolute Gasteiger partial charge is 0.358 e. The third-order valence-corrected chi connectivity index (χ3v) is 6.77. The topological polar surface area (TPSA) is 34.1 Å². The Morgan fingerprint density at radius 3 is 1.79 bits per heavy atom. The fourth-order valence-electron chi connectivity index (χ4n) is 2.88. The van der Waals surface area contributed by atoms with Crippen LogP contribution in [0.3, 0.4) is 0 Å². The van der Waals surface area contributed by atoms with Crippen LogP contribution in [0.25, 0.3) is 12.2 Å². The smallest absolute Gasteiger partial charge is 0.151 e. The molecule has 0 unspecified atom stereocenters. The Labute approximate surface area is 232 Å². The molecule has 0 aliphatic heterocycles. The Hall–Kier alpha value is -1.84. The second-order valence-electron chi connectivity index (χ2n) is 6.88. The maximum absolute atomic E-state index is 10.7. The van der Waals surface area contributed by atoms with E-state index in [0.29, 0.717) is 0 Å². The van der Waals surface area contributed by atoms with Crippen molar-refractivity contribution in [2.24, 2.45) is 0 Å². The number of hydrogen-bond donors (Lipinski definition) is 0. The van der Waals surface area contributed by atoms with Crippen molar-refractivity contribution in [2.75, 3.05) is 0 Å². The fraction of sp³-hybridized carbons (Fsp3) is 0.0741. The molecule has 2 aromatic heterocycles. The van der Waals surface area contributed by atoms with Gasteiger partial charge in [-0.15, -0.1) is 0 Å². The molecule has 2 heterocycles. The van der Waals surface area contributed by atoms with E-state index >= 15 is 0 Å². The molecule has 4 rings (SSSR count). The van der Waals surface area contributed by atoms with Gasteiger partial charge < -0.3 is 7.43 Å². The first kappa shape index (κ1) is 30.2. The molecule has 0 aliphatic rings. The summed E-state index contributed by atoms with van der Waals surface area (Å²) < 4.78 is 0. The molecule has 0 atom stereocenters. The van der Waals surface area contributed by atoms with E-state index in [0.717, 1.165) is 63.3 Å². The van der Waals surface area contributed by atoms with Crippen LogP contribution in [0.5, 0.6) is 0 Å². The molecule has 0 N–H and O–H groups in total. The number of rotatable bonds is 7. The molecular formula is C27H23Cl2O2PdS2-. The average Bonchev–Trinajstić information content (AvgIpc) is 3.47. The van der Waals surface area contributed by atoms with E-state index in [2.05, 4.69) is 0 Å². The molecule has 0 fully saturated rings. The van der Waals surface area contributed by atoms with Gasteiger partial charge in [0.2, 0.25) is 0 Å². The van der Waals surface area contributed by atoms with Crippen LogP contribution in [0.1, 0.15) is 43.0 Å². The predicted molar refractivity (Wildman–Crippen MR) is 145 cm³/mol. The van der Waals surface area contributed by atoms with Gasteiger partial charge >= 0.3 is 0 Å². The minimum atomic E-state index is 0. The van der Waals surface area contributed by atoms with Crippen LogP contribution in [-0.2, 0) is 33.3 Å². The van der Waals surface area contributed by atoms with Crippen molar-refractivity contribution < 1.29 is 30.0 Å². The number of carbonyl (C=O) groups excluding carboxylic acids is 2. The van der Waals surface area contributed by atoms with Crippen molar-refractivity contribution in [3.63, 3.8) is 0 Å². The first-order valence-electron chi connectivity index (χ1n) is 9.78. The Kier molecular flexibility index (Phi) is 14.2. The molecule has 0 bridgehead atoms. The molecule has 2 nitrogen and oxygen atoms in total. The van der Waals surface area contributed by atoms with Gasteiger partial charge in [0.25, 0.3) is 0 Å². The molecule has 0 saturated heterocycles. The van der Waals surface area contributed by atoms with E-state index in [4.69, 9.17) is 23.2 Å². The summed E-state index contributed by atoms with van der Waals surface area (Å²) in [5.74, 6) is 0. The van der Waals surface area contributed by atoms with Gasteiger partial charge in [-0.05, 0) is 70.1 Å². The van der Waals surface area contributed by atoms with Gasteiger partial charge in [0.05, 0.1) is 0 Å². The van der Waals surface area contributed by atoms with Crippen molar-refractivity contribution in [3.8, 4) is 0 Å².